The molecule has 3 heterocycles. The number of ether oxygens (including phenoxy) is 1. The predicted molar refractivity (Wildman–Crippen MR) is 162 cm³/mol. The highest BCUT2D eigenvalue weighted by atomic mass is 28.4. The lowest BCUT2D eigenvalue weighted by Crippen LogP contribution is -2.56. The van der Waals surface area contributed by atoms with E-state index in [1.807, 2.05) is 9.58 Å². The molecule has 2 aliphatic carbocycles. The molecule has 44 heavy (non-hydrogen) atoms. The third-order valence-electron chi connectivity index (χ3n) is 10.1. The highest BCUT2D eigenvalue weighted by molar-refractivity contribution is 6.74. The second-order valence-electron chi connectivity index (χ2n) is 14.4. The normalized spacial score (nSPS) is 23.5. The summed E-state index contributed by atoms with van der Waals surface area (Å²) in [5.41, 5.74) is 0.733. The van der Waals surface area contributed by atoms with E-state index >= 15 is 0 Å². The van der Waals surface area contributed by atoms with Gasteiger partial charge in [0.15, 0.2) is 8.32 Å². The number of hydrogen-bond acceptors (Lipinski definition) is 5. The molecule has 2 aliphatic heterocycles. The van der Waals surface area contributed by atoms with Crippen LogP contribution in [0.25, 0.3) is 0 Å². The van der Waals surface area contributed by atoms with E-state index in [2.05, 4.69) is 39.2 Å². The molecule has 4 aliphatic rings. The number of alkyl halides is 3. The van der Waals surface area contributed by atoms with Crippen molar-refractivity contribution < 1.29 is 31.9 Å². The second-order valence-corrected chi connectivity index (χ2v) is 19.2. The molecule has 1 saturated heterocycles. The molecule has 1 N–H and O–H groups in total. The van der Waals surface area contributed by atoms with Gasteiger partial charge in [-0.25, -0.2) is 4.68 Å². The van der Waals surface area contributed by atoms with E-state index in [-0.39, 0.29) is 40.4 Å². The fourth-order valence-corrected chi connectivity index (χ4v) is 7.19. The number of benzene rings is 1. The number of rotatable bonds is 8. The van der Waals surface area contributed by atoms with E-state index in [0.29, 0.717) is 19.8 Å². The van der Waals surface area contributed by atoms with Crippen LogP contribution < -0.4 is 10.2 Å². The number of nitrogens with zero attached hydrogens (tertiary/aromatic N) is 3. The number of anilines is 1. The van der Waals surface area contributed by atoms with Crippen LogP contribution in [0.5, 0.6) is 0 Å². The summed E-state index contributed by atoms with van der Waals surface area (Å²) in [6, 6.07) is 3.54. The number of amides is 2. The van der Waals surface area contributed by atoms with Crippen LogP contribution in [-0.4, -0.2) is 55.2 Å². The molecule has 0 radical (unpaired) electrons. The van der Waals surface area contributed by atoms with Crippen LogP contribution in [0.3, 0.4) is 0 Å². The smallest absolute Gasteiger partial charge is 0.411 e. The third kappa shape index (κ3) is 5.96. The van der Waals surface area contributed by atoms with Crippen molar-refractivity contribution in [3.63, 3.8) is 0 Å². The second kappa shape index (κ2) is 11.3. The quantitative estimate of drug-likeness (QED) is 0.333. The van der Waals surface area contributed by atoms with Crippen LogP contribution in [0.4, 0.5) is 19.0 Å². The summed E-state index contributed by atoms with van der Waals surface area (Å²) in [6.07, 6.45) is 0.497. The van der Waals surface area contributed by atoms with Gasteiger partial charge in [-0.15, -0.1) is 0 Å². The van der Waals surface area contributed by atoms with Gasteiger partial charge in [0.25, 0.3) is 11.8 Å². The van der Waals surface area contributed by atoms with Crippen molar-refractivity contribution in [3.8, 4) is 0 Å². The standard InChI is InChI=1S/C32H43F3N4O4Si/c1-31(2,3)44(4,5)43-18-24-26-25(19-9-10-19)27(36-28(40)20-7-6-8-21(17-20)32(33,34)35)30(41)38(22-11-12-22)29(26)39(37-24)23-13-15-42-16-14-23/h6-8,17,19,22-23,25,27H,9-16,18H2,1-5H3,(H,36,40). The lowest BCUT2D eigenvalue weighted by molar-refractivity contribution is -0.137. The van der Waals surface area contributed by atoms with Gasteiger partial charge in [0, 0.05) is 36.3 Å². The summed E-state index contributed by atoms with van der Waals surface area (Å²) in [5, 5.41) is 8.10. The van der Waals surface area contributed by atoms with Crippen molar-refractivity contribution >= 4 is 25.9 Å². The van der Waals surface area contributed by atoms with Crippen molar-refractivity contribution in [2.24, 2.45) is 5.92 Å². The van der Waals surface area contributed by atoms with Crippen LogP contribution in [0.1, 0.15) is 98.4 Å². The Morgan fingerprint density at radius 2 is 1.75 bits per heavy atom. The fraction of sp³-hybridized carbons (Fsp3) is 0.656. The maximum atomic E-state index is 14.4. The Balaban J connectivity index is 1.42. The Morgan fingerprint density at radius 3 is 2.34 bits per heavy atom. The molecule has 1 aromatic carbocycles. The van der Waals surface area contributed by atoms with E-state index in [1.165, 1.54) is 12.1 Å². The summed E-state index contributed by atoms with van der Waals surface area (Å²) < 4.78 is 54.8. The first-order chi connectivity index (χ1) is 20.7. The Kier molecular flexibility index (Phi) is 8.02. The van der Waals surface area contributed by atoms with Crippen molar-refractivity contribution in [2.75, 3.05) is 18.1 Å². The highest BCUT2D eigenvalue weighted by Gasteiger charge is 2.54. The largest absolute Gasteiger partial charge is 0.416 e. The molecule has 8 nitrogen and oxygen atoms in total. The SMILES string of the molecule is CC(C)(C)[Si](C)(C)OCc1nn(C2CCOCC2)c2c1C(C1CC1)C(NC(=O)c1cccc(C(F)(F)F)c1)C(=O)N2C1CC1. The van der Waals surface area contributed by atoms with Gasteiger partial charge in [-0.2, -0.15) is 18.3 Å². The van der Waals surface area contributed by atoms with Crippen LogP contribution in [0, 0.1) is 5.92 Å². The number of nitrogens with one attached hydrogen (secondary N) is 1. The minimum absolute atomic E-state index is 0.00110. The first kappa shape index (κ1) is 31.3. The summed E-state index contributed by atoms with van der Waals surface area (Å²) in [5.74, 6) is -0.254. The van der Waals surface area contributed by atoms with E-state index in [1.54, 1.807) is 0 Å². The van der Waals surface area contributed by atoms with Crippen molar-refractivity contribution in [1.29, 1.82) is 0 Å². The van der Waals surface area contributed by atoms with Gasteiger partial charge < -0.3 is 14.5 Å². The minimum Gasteiger partial charge on any atom is -0.411 e. The molecule has 2 saturated carbocycles. The van der Waals surface area contributed by atoms with E-state index in [9.17, 15) is 22.8 Å². The summed E-state index contributed by atoms with van der Waals surface area (Å²) in [4.78, 5) is 29.8. The lowest BCUT2D eigenvalue weighted by Gasteiger charge is -2.40. The number of halogens is 3. The van der Waals surface area contributed by atoms with Crippen LogP contribution in [-0.2, 0) is 26.7 Å². The summed E-state index contributed by atoms with van der Waals surface area (Å²) in [7, 11) is -2.16. The molecular formula is C32H43F3N4O4Si. The molecule has 2 aromatic rings. The van der Waals surface area contributed by atoms with Gasteiger partial charge in [-0.3, -0.25) is 14.5 Å². The first-order valence-electron chi connectivity index (χ1n) is 15.8. The third-order valence-corrected chi connectivity index (χ3v) is 14.6. The van der Waals surface area contributed by atoms with E-state index < -0.39 is 32.0 Å². The van der Waals surface area contributed by atoms with Crippen LogP contribution in [0.2, 0.25) is 18.1 Å². The number of aromatic nitrogens is 2. The van der Waals surface area contributed by atoms with Gasteiger partial charge in [-0.05, 0) is 80.8 Å². The molecule has 12 heteroatoms. The Bertz CT molecular complexity index is 1420. The highest BCUT2D eigenvalue weighted by Crippen LogP contribution is 2.54. The molecular weight excluding hydrogens is 589 g/mol. The zero-order valence-electron chi connectivity index (χ0n) is 26.2. The number of fused-ring (bicyclic) bond motifs is 1. The molecule has 6 rings (SSSR count). The number of carbonyl (C=O) groups is 2. The molecule has 240 valence electrons. The van der Waals surface area contributed by atoms with Gasteiger partial charge in [-0.1, -0.05) is 26.8 Å². The lowest BCUT2D eigenvalue weighted by atomic mass is 9.82. The minimum atomic E-state index is -4.58. The maximum absolute atomic E-state index is 14.4. The zero-order valence-corrected chi connectivity index (χ0v) is 27.2. The molecule has 1 aromatic heterocycles. The molecule has 2 atom stereocenters. The Morgan fingerprint density at radius 1 is 1.07 bits per heavy atom. The van der Waals surface area contributed by atoms with Gasteiger partial charge >= 0.3 is 6.18 Å². The summed E-state index contributed by atoms with van der Waals surface area (Å²) >= 11 is 0. The molecule has 2 amide bonds. The van der Waals surface area contributed by atoms with Crippen molar-refractivity contribution in [3.05, 3.63) is 46.6 Å². The maximum Gasteiger partial charge on any atom is 0.416 e. The zero-order chi connectivity index (χ0) is 31.6. The molecule has 2 unspecified atom stereocenters. The van der Waals surface area contributed by atoms with Gasteiger partial charge in [0.05, 0.1) is 23.9 Å². The first-order valence-corrected chi connectivity index (χ1v) is 18.7. The molecule has 3 fully saturated rings. The predicted octanol–water partition coefficient (Wildman–Crippen LogP) is 6.58. The molecule has 0 spiro atoms. The van der Waals surface area contributed by atoms with Crippen molar-refractivity contribution in [2.45, 2.75) is 114 Å². The summed E-state index contributed by atoms with van der Waals surface area (Å²) in [6.45, 7) is 12.5. The average molecular weight is 633 g/mol. The van der Waals surface area contributed by atoms with Crippen LogP contribution in [0.15, 0.2) is 24.3 Å². The Labute approximate surface area is 257 Å². The van der Waals surface area contributed by atoms with Gasteiger partial charge in [0.2, 0.25) is 0 Å². The van der Waals surface area contributed by atoms with Gasteiger partial charge in [0.1, 0.15) is 11.9 Å². The molecule has 0 bridgehead atoms. The van der Waals surface area contributed by atoms with E-state index in [0.717, 1.165) is 67.7 Å². The number of carbonyl (C=O) groups excluding carboxylic acids is 2. The monoisotopic (exact) mass is 632 g/mol. The number of hydrogen-bond donors (Lipinski definition) is 1. The topological polar surface area (TPSA) is 85.7 Å². The van der Waals surface area contributed by atoms with Crippen LogP contribution >= 0.6 is 0 Å². The fourth-order valence-electron chi connectivity index (χ4n) is 6.26. The van der Waals surface area contributed by atoms with E-state index in [4.69, 9.17) is 14.3 Å². The van der Waals surface area contributed by atoms with Crippen molar-refractivity contribution in [1.82, 2.24) is 15.1 Å². The Hall–Kier alpha value is -2.70. The average Bonchev–Trinajstić information content (AvgIpc) is 3.90.